The largest absolute Gasteiger partial charge is 0.480 e. The van der Waals surface area contributed by atoms with Gasteiger partial charge in [0, 0.05) is 31.2 Å². The van der Waals surface area contributed by atoms with Crippen LogP contribution >= 0.6 is 0 Å². The zero-order valence-electron chi connectivity index (χ0n) is 38.4. The van der Waals surface area contributed by atoms with Gasteiger partial charge in [-0.15, -0.1) is 0 Å². The standard InChI is InChI=1S/C42H68N8O12/c1-39(2,3)59-33(52)23-45-38(58)47-29(37(57)62-42(10,11)12)16-17-32(51)46-28(36(55)56)15-13-14-20-48(24-30-43-18-21-49(30)26-34(53)60-40(4,5)6)25-31-44-19-22-50(31)27-35(54)61-41(7,8)9/h18-19,21-22,28-29H,13-17,20,23-27H2,1-12H3,(H,46,51)(H,55,56)(H2,45,47,58). The number of unbranched alkanes of at least 4 members (excludes halogenated alkanes) is 1. The summed E-state index contributed by atoms with van der Waals surface area (Å²) in [6, 6.07) is -3.43. The van der Waals surface area contributed by atoms with Gasteiger partial charge in [-0.2, -0.15) is 0 Å². The van der Waals surface area contributed by atoms with E-state index in [1.54, 1.807) is 117 Å². The first-order valence-corrected chi connectivity index (χ1v) is 20.7. The number of hydrogen-bond donors (Lipinski definition) is 4. The molecule has 2 unspecified atom stereocenters. The van der Waals surface area contributed by atoms with Crippen molar-refractivity contribution in [3.05, 3.63) is 36.4 Å². The van der Waals surface area contributed by atoms with Crippen LogP contribution in [0.15, 0.2) is 24.8 Å². The number of esters is 4. The molecule has 0 bridgehead atoms. The van der Waals surface area contributed by atoms with Gasteiger partial charge in [-0.3, -0.25) is 24.1 Å². The Morgan fingerprint density at radius 3 is 1.56 bits per heavy atom. The molecule has 20 nitrogen and oxygen atoms in total. The van der Waals surface area contributed by atoms with Crippen LogP contribution in [0.2, 0.25) is 0 Å². The number of nitrogens with one attached hydrogen (secondary N) is 3. The predicted molar refractivity (Wildman–Crippen MR) is 225 cm³/mol. The maximum Gasteiger partial charge on any atom is 0.329 e. The van der Waals surface area contributed by atoms with E-state index in [0.717, 1.165) is 0 Å². The van der Waals surface area contributed by atoms with Crippen LogP contribution in [0, 0.1) is 0 Å². The number of carbonyl (C=O) groups is 7. The Hall–Kier alpha value is -5.53. The minimum atomic E-state index is -1.30. The number of aliphatic carboxylic acids is 1. The van der Waals surface area contributed by atoms with Crippen molar-refractivity contribution in [1.82, 2.24) is 40.0 Å². The van der Waals surface area contributed by atoms with Crippen molar-refractivity contribution in [2.45, 2.75) is 176 Å². The highest BCUT2D eigenvalue weighted by Crippen LogP contribution is 2.16. The predicted octanol–water partition coefficient (Wildman–Crippen LogP) is 3.64. The molecule has 0 spiro atoms. The van der Waals surface area contributed by atoms with Gasteiger partial charge in [-0.1, -0.05) is 0 Å². The minimum absolute atomic E-state index is 0.0657. The molecule has 0 saturated carbocycles. The molecule has 3 amide bonds. The summed E-state index contributed by atoms with van der Waals surface area (Å²) in [5, 5.41) is 17.3. The highest BCUT2D eigenvalue weighted by molar-refractivity contribution is 5.87. The molecule has 2 aromatic rings. The number of carboxylic acids is 1. The van der Waals surface area contributed by atoms with Crippen LogP contribution in [0.25, 0.3) is 0 Å². The molecule has 2 aromatic heterocycles. The second-order valence-corrected chi connectivity index (χ2v) is 18.8. The van der Waals surface area contributed by atoms with Crippen molar-refractivity contribution >= 4 is 41.8 Å². The van der Waals surface area contributed by atoms with Crippen LogP contribution in [-0.2, 0) is 73.9 Å². The summed E-state index contributed by atoms with van der Waals surface area (Å²) in [5.74, 6) is -3.18. The third kappa shape index (κ3) is 22.4. The SMILES string of the molecule is CC(C)(C)OC(=O)CNC(=O)NC(CCC(=O)NC(CCCCN(Cc1nccn1CC(=O)OC(C)(C)C)Cc1nccn1CC(=O)OC(C)(C)C)C(=O)O)C(=O)OC(C)(C)C. The maximum absolute atomic E-state index is 13.1. The van der Waals surface area contributed by atoms with E-state index in [1.165, 1.54) is 0 Å². The monoisotopic (exact) mass is 876 g/mol. The molecular weight excluding hydrogens is 809 g/mol. The average molecular weight is 877 g/mol. The minimum Gasteiger partial charge on any atom is -0.480 e. The third-order valence-electron chi connectivity index (χ3n) is 8.09. The molecule has 2 rings (SSSR count). The Balaban J connectivity index is 2.12. The summed E-state index contributed by atoms with van der Waals surface area (Å²) in [7, 11) is 0. The molecule has 20 heteroatoms. The number of urea groups is 1. The molecule has 62 heavy (non-hydrogen) atoms. The summed E-state index contributed by atoms with van der Waals surface area (Å²) in [6.07, 6.45) is 6.85. The van der Waals surface area contributed by atoms with Crippen LogP contribution in [0.4, 0.5) is 4.79 Å². The van der Waals surface area contributed by atoms with Gasteiger partial charge < -0.3 is 49.1 Å². The number of aromatic nitrogens is 4. The molecule has 0 aliphatic carbocycles. The Kier molecular flexibility index (Phi) is 19.6. The van der Waals surface area contributed by atoms with Crippen molar-refractivity contribution in [3.8, 4) is 0 Å². The molecule has 0 saturated heterocycles. The quantitative estimate of drug-likeness (QED) is 0.0749. The molecule has 0 aliphatic rings. The Labute approximate surface area is 364 Å². The van der Waals surface area contributed by atoms with Crippen molar-refractivity contribution < 1.29 is 57.6 Å². The summed E-state index contributed by atoms with van der Waals surface area (Å²) in [5.41, 5.74) is -3.04. The van der Waals surface area contributed by atoms with Crippen LogP contribution in [0.3, 0.4) is 0 Å². The fraction of sp³-hybridized carbons (Fsp3) is 0.690. The molecule has 2 heterocycles. The Morgan fingerprint density at radius 1 is 0.645 bits per heavy atom. The molecule has 0 aliphatic heterocycles. The second kappa shape index (κ2) is 23.1. The molecule has 4 N–H and O–H groups in total. The first-order valence-electron chi connectivity index (χ1n) is 20.7. The average Bonchev–Trinajstić information content (AvgIpc) is 3.71. The van der Waals surface area contributed by atoms with Crippen LogP contribution in [-0.4, -0.2) is 118 Å². The van der Waals surface area contributed by atoms with E-state index in [0.29, 0.717) is 31.0 Å². The summed E-state index contributed by atoms with van der Waals surface area (Å²) in [4.78, 5) is 99.3. The van der Waals surface area contributed by atoms with Gasteiger partial charge in [0.2, 0.25) is 5.91 Å². The molecule has 348 valence electrons. The number of imidazole rings is 2. The van der Waals surface area contributed by atoms with Crippen molar-refractivity contribution in [3.63, 3.8) is 0 Å². The number of carboxylic acid groups (broad SMARTS) is 1. The fourth-order valence-corrected chi connectivity index (χ4v) is 5.76. The molecular formula is C42H68N8O12. The fourth-order valence-electron chi connectivity index (χ4n) is 5.76. The van der Waals surface area contributed by atoms with Crippen molar-refractivity contribution in [2.75, 3.05) is 13.1 Å². The Bertz CT molecular complexity index is 1760. The number of ether oxygens (including phenoxy) is 4. The maximum atomic E-state index is 13.1. The number of amides is 3. The van der Waals surface area contributed by atoms with Gasteiger partial charge in [0.1, 0.15) is 65.8 Å². The lowest BCUT2D eigenvalue weighted by molar-refractivity contribution is -0.158. The topological polar surface area (TPSA) is 252 Å². The summed E-state index contributed by atoms with van der Waals surface area (Å²) in [6.45, 7) is 20.9. The number of nitrogens with zero attached hydrogens (tertiary/aromatic N) is 5. The Morgan fingerprint density at radius 2 is 1.11 bits per heavy atom. The van der Waals surface area contributed by atoms with E-state index in [1.807, 2.05) is 4.90 Å². The summed E-state index contributed by atoms with van der Waals surface area (Å²) >= 11 is 0. The van der Waals surface area contributed by atoms with E-state index in [2.05, 4.69) is 25.9 Å². The van der Waals surface area contributed by atoms with Crippen LogP contribution in [0.5, 0.6) is 0 Å². The third-order valence-corrected chi connectivity index (χ3v) is 8.09. The molecule has 2 atom stereocenters. The smallest absolute Gasteiger partial charge is 0.329 e. The summed E-state index contributed by atoms with van der Waals surface area (Å²) < 4.78 is 25.0. The normalized spacial score (nSPS) is 13.1. The molecule has 0 aromatic carbocycles. The second-order valence-electron chi connectivity index (χ2n) is 18.8. The van der Waals surface area contributed by atoms with E-state index in [4.69, 9.17) is 18.9 Å². The van der Waals surface area contributed by atoms with Crippen LogP contribution < -0.4 is 16.0 Å². The zero-order valence-corrected chi connectivity index (χ0v) is 38.4. The highest BCUT2D eigenvalue weighted by Gasteiger charge is 2.29. The van der Waals surface area contributed by atoms with E-state index in [9.17, 15) is 38.7 Å². The highest BCUT2D eigenvalue weighted by atomic mass is 16.6. The van der Waals surface area contributed by atoms with Gasteiger partial charge >= 0.3 is 35.9 Å². The molecule has 0 radical (unpaired) electrons. The lowest BCUT2D eigenvalue weighted by Gasteiger charge is -2.25. The lowest BCUT2D eigenvalue weighted by atomic mass is 10.1. The van der Waals surface area contributed by atoms with Gasteiger partial charge in [0.15, 0.2) is 0 Å². The first-order chi connectivity index (χ1) is 28.5. The van der Waals surface area contributed by atoms with Gasteiger partial charge in [0.25, 0.3) is 0 Å². The van der Waals surface area contributed by atoms with E-state index >= 15 is 0 Å². The van der Waals surface area contributed by atoms with Gasteiger partial charge in [0.05, 0.1) is 13.1 Å². The first kappa shape index (κ1) is 52.6. The number of carbonyl (C=O) groups excluding carboxylic acids is 6. The van der Waals surface area contributed by atoms with E-state index < -0.39 is 82.8 Å². The number of rotatable bonds is 22. The van der Waals surface area contributed by atoms with Gasteiger partial charge in [-0.05, 0) is 115 Å². The van der Waals surface area contributed by atoms with E-state index in [-0.39, 0.29) is 45.4 Å². The lowest BCUT2D eigenvalue weighted by Crippen LogP contribution is -2.50. The van der Waals surface area contributed by atoms with Gasteiger partial charge in [-0.25, -0.2) is 24.4 Å². The van der Waals surface area contributed by atoms with Crippen LogP contribution in [0.1, 0.15) is 127 Å². The zero-order chi connectivity index (χ0) is 47.1. The number of hydrogen-bond acceptors (Lipinski definition) is 14. The van der Waals surface area contributed by atoms with Crippen molar-refractivity contribution in [1.29, 1.82) is 0 Å². The molecule has 0 fully saturated rings. The van der Waals surface area contributed by atoms with Crippen molar-refractivity contribution in [2.24, 2.45) is 0 Å².